The van der Waals surface area contributed by atoms with Crippen LogP contribution in [-0.4, -0.2) is 65.8 Å². The number of carbonyl (C=O) groups is 2. The van der Waals surface area contributed by atoms with Crippen LogP contribution < -0.4 is 0 Å². The van der Waals surface area contributed by atoms with Crippen LogP contribution in [0.15, 0.2) is 41.8 Å². The van der Waals surface area contributed by atoms with Gasteiger partial charge >= 0.3 is 0 Å². The number of rotatable bonds is 7. The summed E-state index contributed by atoms with van der Waals surface area (Å²) in [5.41, 5.74) is 0.907. The molecule has 2 amide bonds. The topological polar surface area (TPSA) is 43.9 Å². The predicted octanol–water partition coefficient (Wildman–Crippen LogP) is 3.08. The van der Waals surface area contributed by atoms with Crippen LogP contribution in [0.1, 0.15) is 28.6 Å². The van der Waals surface area contributed by atoms with E-state index in [2.05, 4.69) is 4.90 Å². The lowest BCUT2D eigenvalue weighted by atomic mass is 10.2. The molecule has 0 N–H and O–H groups in total. The number of hydrogen-bond donors (Lipinski definition) is 0. The van der Waals surface area contributed by atoms with Gasteiger partial charge in [0, 0.05) is 52.2 Å². The molecule has 0 bridgehead atoms. The standard InChI is InChI=1S/C21H26FN3O2S/c1-2-20(26)24-12-9-23(10-13-24)11-14-25(21(27)19-4-3-15-28-19)16-17-5-7-18(22)8-6-17/h3-8,15H,2,9-14,16H2,1H3. The highest BCUT2D eigenvalue weighted by atomic mass is 32.1. The van der Waals surface area contributed by atoms with E-state index < -0.39 is 0 Å². The fraction of sp³-hybridized carbons (Fsp3) is 0.429. The van der Waals surface area contributed by atoms with Crippen LogP contribution in [0.5, 0.6) is 0 Å². The van der Waals surface area contributed by atoms with Crippen LogP contribution in [0.2, 0.25) is 0 Å². The van der Waals surface area contributed by atoms with Gasteiger partial charge in [0.15, 0.2) is 0 Å². The van der Waals surface area contributed by atoms with E-state index in [0.717, 1.165) is 38.3 Å². The molecule has 2 heterocycles. The summed E-state index contributed by atoms with van der Waals surface area (Å²) < 4.78 is 13.2. The first-order chi connectivity index (χ1) is 13.6. The highest BCUT2D eigenvalue weighted by molar-refractivity contribution is 7.12. The van der Waals surface area contributed by atoms with Crippen LogP contribution >= 0.6 is 11.3 Å². The van der Waals surface area contributed by atoms with Crippen molar-refractivity contribution in [3.8, 4) is 0 Å². The summed E-state index contributed by atoms with van der Waals surface area (Å²) in [6.07, 6.45) is 0.542. The zero-order valence-electron chi connectivity index (χ0n) is 16.1. The Bertz CT molecular complexity index is 771. The molecular weight excluding hydrogens is 377 g/mol. The maximum Gasteiger partial charge on any atom is 0.264 e. The molecule has 1 aliphatic rings. The summed E-state index contributed by atoms with van der Waals surface area (Å²) >= 11 is 1.43. The lowest BCUT2D eigenvalue weighted by Crippen LogP contribution is -2.50. The molecule has 1 aliphatic heterocycles. The normalized spacial score (nSPS) is 14.9. The minimum Gasteiger partial charge on any atom is -0.340 e. The molecule has 1 aromatic heterocycles. The molecule has 2 aromatic rings. The molecule has 0 spiro atoms. The average molecular weight is 404 g/mol. The van der Waals surface area contributed by atoms with Gasteiger partial charge in [0.25, 0.3) is 5.91 Å². The Hall–Kier alpha value is -2.25. The Labute approximate surface area is 169 Å². The molecule has 5 nitrogen and oxygen atoms in total. The third kappa shape index (κ3) is 5.39. The number of benzene rings is 1. The van der Waals surface area contributed by atoms with Crippen molar-refractivity contribution in [2.45, 2.75) is 19.9 Å². The lowest BCUT2D eigenvalue weighted by molar-refractivity contribution is -0.132. The largest absolute Gasteiger partial charge is 0.340 e. The van der Waals surface area contributed by atoms with Gasteiger partial charge in [-0.15, -0.1) is 11.3 Å². The third-order valence-electron chi connectivity index (χ3n) is 5.02. The van der Waals surface area contributed by atoms with E-state index in [1.165, 1.54) is 23.5 Å². The van der Waals surface area contributed by atoms with Crippen molar-refractivity contribution < 1.29 is 14.0 Å². The predicted molar refractivity (Wildman–Crippen MR) is 109 cm³/mol. The maximum absolute atomic E-state index is 13.2. The number of amides is 2. The second kappa shape index (κ2) is 9.80. The number of piperazine rings is 1. The molecule has 0 aliphatic carbocycles. The molecule has 3 rings (SSSR count). The first-order valence-electron chi connectivity index (χ1n) is 9.64. The SMILES string of the molecule is CCC(=O)N1CCN(CCN(Cc2ccc(F)cc2)C(=O)c2cccs2)CC1. The van der Waals surface area contributed by atoms with E-state index in [-0.39, 0.29) is 17.6 Å². The Morgan fingerprint density at radius 2 is 1.82 bits per heavy atom. The Balaban J connectivity index is 1.60. The van der Waals surface area contributed by atoms with Gasteiger partial charge in [-0.05, 0) is 29.1 Å². The summed E-state index contributed by atoms with van der Waals surface area (Å²) in [7, 11) is 0. The number of halogens is 1. The van der Waals surface area contributed by atoms with Crippen molar-refractivity contribution >= 4 is 23.2 Å². The van der Waals surface area contributed by atoms with Crippen molar-refractivity contribution in [1.29, 1.82) is 0 Å². The number of hydrogen-bond acceptors (Lipinski definition) is 4. The van der Waals surface area contributed by atoms with Crippen molar-refractivity contribution in [2.75, 3.05) is 39.3 Å². The minimum atomic E-state index is -0.278. The average Bonchev–Trinajstić information content (AvgIpc) is 3.26. The fourth-order valence-electron chi connectivity index (χ4n) is 3.33. The van der Waals surface area contributed by atoms with Crippen molar-refractivity contribution in [3.63, 3.8) is 0 Å². The summed E-state index contributed by atoms with van der Waals surface area (Å²) in [5.74, 6) is -0.0797. The summed E-state index contributed by atoms with van der Waals surface area (Å²) in [5, 5.41) is 1.90. The summed E-state index contributed by atoms with van der Waals surface area (Å²) in [6, 6.07) is 10.00. The van der Waals surface area contributed by atoms with Gasteiger partial charge in [-0.25, -0.2) is 4.39 Å². The molecule has 0 radical (unpaired) electrons. The number of carbonyl (C=O) groups excluding carboxylic acids is 2. The molecule has 28 heavy (non-hydrogen) atoms. The molecule has 1 aromatic carbocycles. The van der Waals surface area contributed by atoms with Crippen LogP contribution in [0.25, 0.3) is 0 Å². The smallest absolute Gasteiger partial charge is 0.264 e. The fourth-order valence-corrected chi connectivity index (χ4v) is 4.02. The monoisotopic (exact) mass is 403 g/mol. The van der Waals surface area contributed by atoms with Gasteiger partial charge in [-0.3, -0.25) is 14.5 Å². The van der Waals surface area contributed by atoms with Gasteiger partial charge in [0.05, 0.1) is 4.88 Å². The van der Waals surface area contributed by atoms with E-state index in [1.807, 2.05) is 34.2 Å². The maximum atomic E-state index is 13.2. The molecule has 1 fully saturated rings. The third-order valence-corrected chi connectivity index (χ3v) is 5.88. The van der Waals surface area contributed by atoms with Crippen LogP contribution in [0.3, 0.4) is 0 Å². The summed E-state index contributed by atoms with van der Waals surface area (Å²) in [6.45, 7) is 6.81. The quantitative estimate of drug-likeness (QED) is 0.714. The van der Waals surface area contributed by atoms with E-state index >= 15 is 0 Å². The highest BCUT2D eigenvalue weighted by Gasteiger charge is 2.22. The zero-order chi connectivity index (χ0) is 19.9. The van der Waals surface area contributed by atoms with E-state index in [1.54, 1.807) is 12.1 Å². The van der Waals surface area contributed by atoms with Gasteiger partial charge in [-0.1, -0.05) is 25.1 Å². The second-order valence-corrected chi connectivity index (χ2v) is 7.85. The molecule has 150 valence electrons. The van der Waals surface area contributed by atoms with Gasteiger partial charge in [-0.2, -0.15) is 0 Å². The number of nitrogens with zero attached hydrogens (tertiary/aromatic N) is 3. The molecule has 0 atom stereocenters. The molecule has 0 unspecified atom stereocenters. The minimum absolute atomic E-state index is 0.000813. The van der Waals surface area contributed by atoms with Crippen molar-refractivity contribution in [2.24, 2.45) is 0 Å². The summed E-state index contributed by atoms with van der Waals surface area (Å²) in [4.78, 5) is 31.5. The Morgan fingerprint density at radius 3 is 2.43 bits per heavy atom. The van der Waals surface area contributed by atoms with Gasteiger partial charge < -0.3 is 9.80 Å². The first-order valence-corrected chi connectivity index (χ1v) is 10.5. The van der Waals surface area contributed by atoms with Crippen LogP contribution in [0.4, 0.5) is 4.39 Å². The van der Waals surface area contributed by atoms with Crippen LogP contribution in [0, 0.1) is 5.82 Å². The molecule has 1 saturated heterocycles. The van der Waals surface area contributed by atoms with E-state index in [0.29, 0.717) is 24.4 Å². The lowest BCUT2D eigenvalue weighted by Gasteiger charge is -2.35. The molecule has 0 saturated carbocycles. The Morgan fingerprint density at radius 1 is 1.11 bits per heavy atom. The zero-order valence-corrected chi connectivity index (χ0v) is 17.0. The highest BCUT2D eigenvalue weighted by Crippen LogP contribution is 2.15. The van der Waals surface area contributed by atoms with Gasteiger partial charge in [0.1, 0.15) is 5.82 Å². The van der Waals surface area contributed by atoms with E-state index in [4.69, 9.17) is 0 Å². The van der Waals surface area contributed by atoms with Gasteiger partial charge in [0.2, 0.25) is 5.91 Å². The molecular formula is C21H26FN3O2S. The molecule has 7 heteroatoms. The first kappa shape index (κ1) is 20.5. The van der Waals surface area contributed by atoms with Crippen molar-refractivity contribution in [3.05, 3.63) is 58.0 Å². The second-order valence-electron chi connectivity index (χ2n) is 6.91. The number of thiophene rings is 1. The van der Waals surface area contributed by atoms with Crippen molar-refractivity contribution in [1.82, 2.24) is 14.7 Å². The Kier molecular flexibility index (Phi) is 7.17. The van der Waals surface area contributed by atoms with E-state index in [9.17, 15) is 14.0 Å². The van der Waals surface area contributed by atoms with Crippen LogP contribution in [-0.2, 0) is 11.3 Å².